The summed E-state index contributed by atoms with van der Waals surface area (Å²) < 4.78 is 33.5. The van der Waals surface area contributed by atoms with Crippen molar-refractivity contribution >= 4 is 26.0 Å². The van der Waals surface area contributed by atoms with Gasteiger partial charge in [0, 0.05) is 20.2 Å². The summed E-state index contributed by atoms with van der Waals surface area (Å²) in [6, 6.07) is 0. The van der Waals surface area contributed by atoms with Crippen molar-refractivity contribution in [3.63, 3.8) is 0 Å². The van der Waals surface area contributed by atoms with Crippen molar-refractivity contribution in [1.29, 1.82) is 0 Å². The van der Waals surface area contributed by atoms with Crippen LogP contribution in [0.5, 0.6) is 0 Å². The van der Waals surface area contributed by atoms with Crippen LogP contribution in [0.1, 0.15) is 12.8 Å². The van der Waals surface area contributed by atoms with Crippen LogP contribution in [-0.2, 0) is 21.8 Å². The second-order valence-corrected chi connectivity index (χ2v) is 6.68. The molecule has 0 amide bonds. The Bertz CT molecular complexity index is 490. The van der Waals surface area contributed by atoms with E-state index in [1.165, 1.54) is 11.7 Å². The maximum Gasteiger partial charge on any atom is 0.260 e. The second kappa shape index (κ2) is 5.64. The van der Waals surface area contributed by atoms with Gasteiger partial charge in [-0.1, -0.05) is 5.21 Å². The minimum Gasteiger partial charge on any atom is -0.381 e. The molecule has 9 heteroatoms. The van der Waals surface area contributed by atoms with E-state index in [9.17, 15) is 8.42 Å². The van der Waals surface area contributed by atoms with Gasteiger partial charge in [-0.15, -0.1) is 5.10 Å². The molecule has 0 aromatic carbocycles. The van der Waals surface area contributed by atoms with Crippen LogP contribution in [-0.4, -0.2) is 43.2 Å². The molecule has 1 N–H and O–H groups in total. The topological polar surface area (TPSA) is 86.1 Å². The van der Waals surface area contributed by atoms with Crippen molar-refractivity contribution in [3.8, 4) is 0 Å². The minimum absolute atomic E-state index is 0.0410. The molecule has 1 aliphatic heterocycles. The quantitative estimate of drug-likeness (QED) is 0.852. The van der Waals surface area contributed by atoms with Crippen LogP contribution in [0.25, 0.3) is 0 Å². The molecule has 1 saturated heterocycles. The molecule has 1 atom stereocenters. The third-order valence-corrected chi connectivity index (χ3v) is 5.12. The zero-order valence-electron chi connectivity index (χ0n) is 9.97. The van der Waals surface area contributed by atoms with Gasteiger partial charge < -0.3 is 4.74 Å². The molecule has 2 heterocycles. The number of hydrogen-bond donors (Lipinski definition) is 1. The van der Waals surface area contributed by atoms with Crippen LogP contribution < -0.4 is 4.72 Å². The van der Waals surface area contributed by atoms with Crippen molar-refractivity contribution < 1.29 is 13.2 Å². The highest BCUT2D eigenvalue weighted by atomic mass is 79.9. The Kier molecular flexibility index (Phi) is 4.36. The summed E-state index contributed by atoms with van der Waals surface area (Å²) in [5.74, 6) is 0.230. The molecule has 18 heavy (non-hydrogen) atoms. The molecule has 1 aliphatic rings. The molecule has 0 bridgehead atoms. The van der Waals surface area contributed by atoms with Crippen molar-refractivity contribution in [1.82, 2.24) is 19.7 Å². The molecular weight excluding hydrogens is 324 g/mol. The van der Waals surface area contributed by atoms with Gasteiger partial charge in [-0.2, -0.15) is 0 Å². The largest absolute Gasteiger partial charge is 0.381 e. The van der Waals surface area contributed by atoms with Crippen LogP contribution in [0.4, 0.5) is 0 Å². The molecule has 0 spiro atoms. The van der Waals surface area contributed by atoms with Crippen molar-refractivity contribution in [3.05, 3.63) is 4.60 Å². The Morgan fingerprint density at radius 3 is 2.94 bits per heavy atom. The predicted molar refractivity (Wildman–Crippen MR) is 67.4 cm³/mol. The average molecular weight is 339 g/mol. The number of sulfonamides is 1. The predicted octanol–water partition coefficient (Wildman–Crippen LogP) is 0.282. The third-order valence-electron chi connectivity index (χ3n) is 2.81. The van der Waals surface area contributed by atoms with E-state index in [1.54, 1.807) is 0 Å². The van der Waals surface area contributed by atoms with Crippen molar-refractivity contribution in [2.45, 2.75) is 17.9 Å². The molecule has 7 nitrogen and oxygen atoms in total. The molecule has 0 saturated carbocycles. The summed E-state index contributed by atoms with van der Waals surface area (Å²) in [5.41, 5.74) is 0. The van der Waals surface area contributed by atoms with Crippen LogP contribution >= 0.6 is 15.9 Å². The van der Waals surface area contributed by atoms with Gasteiger partial charge in [0.25, 0.3) is 10.0 Å². The summed E-state index contributed by atoms with van der Waals surface area (Å²) in [6.45, 7) is 1.74. The Morgan fingerprint density at radius 2 is 2.39 bits per heavy atom. The number of halogens is 1. The smallest absolute Gasteiger partial charge is 0.260 e. The van der Waals surface area contributed by atoms with Gasteiger partial charge in [-0.3, -0.25) is 0 Å². The van der Waals surface area contributed by atoms with E-state index < -0.39 is 10.0 Å². The first-order valence-electron chi connectivity index (χ1n) is 5.63. The summed E-state index contributed by atoms with van der Waals surface area (Å²) in [7, 11) is -2.05. The van der Waals surface area contributed by atoms with Crippen LogP contribution in [0, 0.1) is 5.92 Å². The number of ether oxygens (including phenoxy) is 1. The first-order valence-corrected chi connectivity index (χ1v) is 7.91. The van der Waals surface area contributed by atoms with E-state index in [1.807, 2.05) is 0 Å². The highest BCUT2D eigenvalue weighted by Crippen LogP contribution is 2.18. The first kappa shape index (κ1) is 13.9. The number of aryl methyl sites for hydroxylation is 1. The fourth-order valence-electron chi connectivity index (χ4n) is 1.87. The van der Waals surface area contributed by atoms with Gasteiger partial charge >= 0.3 is 0 Å². The Morgan fingerprint density at radius 1 is 1.61 bits per heavy atom. The highest BCUT2D eigenvalue weighted by molar-refractivity contribution is 9.10. The maximum atomic E-state index is 12.1. The Balaban J connectivity index is 2.03. The minimum atomic E-state index is -3.59. The SMILES string of the molecule is Cn1nnc(Br)c1S(=O)(=O)NCC1CCCOC1. The van der Waals surface area contributed by atoms with E-state index in [-0.39, 0.29) is 15.5 Å². The van der Waals surface area contributed by atoms with Crippen molar-refractivity contribution in [2.24, 2.45) is 13.0 Å². The highest BCUT2D eigenvalue weighted by Gasteiger charge is 2.25. The lowest BCUT2D eigenvalue weighted by atomic mass is 10.0. The third kappa shape index (κ3) is 3.08. The van der Waals surface area contributed by atoms with Gasteiger partial charge in [0.15, 0.2) is 4.60 Å². The average Bonchev–Trinajstić information content (AvgIpc) is 2.69. The number of aromatic nitrogens is 3. The molecule has 1 aromatic heterocycles. The summed E-state index contributed by atoms with van der Waals surface area (Å²) >= 11 is 3.08. The fraction of sp³-hybridized carbons (Fsp3) is 0.778. The zero-order chi connectivity index (χ0) is 13.2. The lowest BCUT2D eigenvalue weighted by Gasteiger charge is -2.22. The van der Waals surface area contributed by atoms with Gasteiger partial charge in [0.05, 0.1) is 6.61 Å². The molecular formula is C9H15BrN4O3S. The molecule has 2 rings (SSSR count). The molecule has 1 aromatic rings. The monoisotopic (exact) mass is 338 g/mol. The maximum absolute atomic E-state index is 12.1. The van der Waals surface area contributed by atoms with Gasteiger partial charge in [0.1, 0.15) is 0 Å². The lowest BCUT2D eigenvalue weighted by Crippen LogP contribution is -2.34. The van der Waals surface area contributed by atoms with Crippen LogP contribution in [0.2, 0.25) is 0 Å². The normalized spacial score (nSPS) is 21.1. The first-order chi connectivity index (χ1) is 8.50. The van der Waals surface area contributed by atoms with E-state index >= 15 is 0 Å². The van der Waals surface area contributed by atoms with Crippen molar-refractivity contribution in [2.75, 3.05) is 19.8 Å². The number of rotatable bonds is 4. The number of hydrogen-bond acceptors (Lipinski definition) is 5. The number of nitrogens with zero attached hydrogens (tertiary/aromatic N) is 3. The number of nitrogens with one attached hydrogen (secondary N) is 1. The molecule has 102 valence electrons. The Hall–Kier alpha value is -0.510. The van der Waals surface area contributed by atoms with E-state index in [4.69, 9.17) is 4.74 Å². The summed E-state index contributed by atoms with van der Waals surface area (Å²) in [5, 5.41) is 7.36. The molecule has 1 fully saturated rings. The fourth-order valence-corrected chi connectivity index (χ4v) is 4.08. The van der Waals surface area contributed by atoms with Gasteiger partial charge in [0.2, 0.25) is 5.03 Å². The standard InChI is InChI=1S/C9H15BrN4O3S/c1-14-9(8(10)12-13-14)18(15,16)11-5-7-3-2-4-17-6-7/h7,11H,2-6H2,1H3. The Labute approximate surface area is 114 Å². The summed E-state index contributed by atoms with van der Waals surface area (Å²) in [6.07, 6.45) is 1.96. The molecule has 1 unspecified atom stereocenters. The van der Waals surface area contributed by atoms with Crippen LogP contribution in [0.15, 0.2) is 9.63 Å². The zero-order valence-corrected chi connectivity index (χ0v) is 12.4. The van der Waals surface area contributed by atoms with E-state index in [0.29, 0.717) is 13.2 Å². The van der Waals surface area contributed by atoms with Gasteiger partial charge in [-0.05, 0) is 34.7 Å². The second-order valence-electron chi connectivity index (χ2n) is 4.24. The van der Waals surface area contributed by atoms with Crippen LogP contribution in [0.3, 0.4) is 0 Å². The lowest BCUT2D eigenvalue weighted by molar-refractivity contribution is 0.0568. The molecule has 0 aliphatic carbocycles. The molecule has 0 radical (unpaired) electrons. The summed E-state index contributed by atoms with van der Waals surface area (Å²) in [4.78, 5) is 0. The van der Waals surface area contributed by atoms with E-state index in [2.05, 4.69) is 31.0 Å². The van der Waals surface area contributed by atoms with E-state index in [0.717, 1.165) is 19.4 Å². The van der Waals surface area contributed by atoms with Gasteiger partial charge in [-0.25, -0.2) is 17.8 Å².